The van der Waals surface area contributed by atoms with E-state index in [1.165, 1.54) is 0 Å². The molecule has 2 fully saturated rings. The van der Waals surface area contributed by atoms with Crippen molar-refractivity contribution >= 4 is 15.8 Å². The number of esters is 1. The van der Waals surface area contributed by atoms with Crippen LogP contribution in [0.5, 0.6) is 0 Å². The highest BCUT2D eigenvalue weighted by molar-refractivity contribution is 7.91. The highest BCUT2D eigenvalue weighted by Crippen LogP contribution is 2.36. The van der Waals surface area contributed by atoms with Gasteiger partial charge in [-0.2, -0.15) is 0 Å². The fourth-order valence-corrected chi connectivity index (χ4v) is 4.61. The normalized spacial score (nSPS) is 29.2. The van der Waals surface area contributed by atoms with Gasteiger partial charge in [-0.15, -0.1) is 0 Å². The molecule has 1 heterocycles. The summed E-state index contributed by atoms with van der Waals surface area (Å²) in [6.45, 7) is 4.60. The predicted octanol–water partition coefficient (Wildman–Crippen LogP) is 1.28. The Morgan fingerprint density at radius 2 is 1.90 bits per heavy atom. The van der Waals surface area contributed by atoms with E-state index in [-0.39, 0.29) is 36.2 Å². The molecule has 0 aromatic carbocycles. The van der Waals surface area contributed by atoms with Crippen molar-refractivity contribution in [3.63, 3.8) is 0 Å². The maximum atomic E-state index is 11.8. The minimum Gasteiger partial charge on any atom is -0.461 e. The summed E-state index contributed by atoms with van der Waals surface area (Å²) in [5.74, 6) is 0.0917. The number of rotatable bonds is 4. The van der Waals surface area contributed by atoms with Crippen LogP contribution in [0.2, 0.25) is 0 Å². The first-order valence-electron chi connectivity index (χ1n) is 7.39. The van der Waals surface area contributed by atoms with E-state index in [4.69, 9.17) is 4.74 Å². The van der Waals surface area contributed by atoms with E-state index in [0.717, 1.165) is 25.7 Å². The van der Waals surface area contributed by atoms with Crippen LogP contribution in [0.15, 0.2) is 0 Å². The van der Waals surface area contributed by atoms with Crippen molar-refractivity contribution in [1.29, 1.82) is 0 Å². The lowest BCUT2D eigenvalue weighted by Gasteiger charge is -2.33. The number of hydrogen-bond acceptors (Lipinski definition) is 5. The Morgan fingerprint density at radius 3 is 2.45 bits per heavy atom. The van der Waals surface area contributed by atoms with Crippen LogP contribution in [0.4, 0.5) is 0 Å². The number of carbonyl (C=O) groups excluding carboxylic acids is 1. The summed E-state index contributed by atoms with van der Waals surface area (Å²) < 4.78 is 28.1. The molecule has 2 rings (SSSR count). The van der Waals surface area contributed by atoms with Crippen molar-refractivity contribution in [3.05, 3.63) is 0 Å². The Balaban J connectivity index is 1.66. The van der Waals surface area contributed by atoms with Crippen LogP contribution >= 0.6 is 0 Å². The Bertz CT molecular complexity index is 448. The standard InChI is InChI=1S/C14H25NO4S/c1-14(2)6-3-12(4-7-14)19-13(16)9-15-11-5-8-20(17,18)10-11/h11-12,15H,3-10H2,1-2H3. The van der Waals surface area contributed by atoms with Gasteiger partial charge in [0.2, 0.25) is 0 Å². The van der Waals surface area contributed by atoms with Gasteiger partial charge in [-0.3, -0.25) is 4.79 Å². The molecule has 1 atom stereocenters. The number of sulfone groups is 1. The minimum absolute atomic E-state index is 0.0321. The molecule has 1 aliphatic carbocycles. The Labute approximate surface area is 121 Å². The van der Waals surface area contributed by atoms with Crippen molar-refractivity contribution in [2.75, 3.05) is 18.1 Å². The molecule has 20 heavy (non-hydrogen) atoms. The first kappa shape index (κ1) is 15.8. The van der Waals surface area contributed by atoms with Gasteiger partial charge in [0.15, 0.2) is 9.84 Å². The van der Waals surface area contributed by atoms with Gasteiger partial charge >= 0.3 is 5.97 Å². The van der Waals surface area contributed by atoms with Crippen LogP contribution < -0.4 is 5.32 Å². The van der Waals surface area contributed by atoms with Crippen molar-refractivity contribution in [3.8, 4) is 0 Å². The van der Waals surface area contributed by atoms with E-state index in [1.807, 2.05) is 0 Å². The van der Waals surface area contributed by atoms with Gasteiger partial charge in [-0.1, -0.05) is 13.8 Å². The third kappa shape index (κ3) is 4.74. The summed E-state index contributed by atoms with van der Waals surface area (Å²) in [5.41, 5.74) is 0.360. The molecule has 116 valence electrons. The Morgan fingerprint density at radius 1 is 1.25 bits per heavy atom. The summed E-state index contributed by atoms with van der Waals surface area (Å²) in [5, 5.41) is 2.99. The molecule has 1 aliphatic heterocycles. The number of hydrogen-bond donors (Lipinski definition) is 1. The molecule has 1 saturated carbocycles. The molecule has 2 aliphatic rings. The number of nitrogens with one attached hydrogen (secondary N) is 1. The quantitative estimate of drug-likeness (QED) is 0.792. The number of carbonyl (C=O) groups is 1. The zero-order valence-electron chi connectivity index (χ0n) is 12.4. The van der Waals surface area contributed by atoms with E-state index in [1.54, 1.807) is 0 Å². The molecule has 0 spiro atoms. The van der Waals surface area contributed by atoms with Crippen LogP contribution in [-0.4, -0.2) is 44.6 Å². The third-order valence-electron chi connectivity index (χ3n) is 4.35. The van der Waals surface area contributed by atoms with Crippen LogP contribution in [0, 0.1) is 5.41 Å². The van der Waals surface area contributed by atoms with E-state index >= 15 is 0 Å². The lowest BCUT2D eigenvalue weighted by Crippen LogP contribution is -2.37. The fraction of sp³-hybridized carbons (Fsp3) is 0.929. The average molecular weight is 303 g/mol. The summed E-state index contributed by atoms with van der Waals surface area (Å²) in [7, 11) is -2.90. The largest absolute Gasteiger partial charge is 0.461 e. The molecule has 1 saturated heterocycles. The smallest absolute Gasteiger partial charge is 0.320 e. The van der Waals surface area contributed by atoms with Crippen molar-refractivity contribution in [2.45, 2.75) is 58.1 Å². The molecule has 1 unspecified atom stereocenters. The monoisotopic (exact) mass is 303 g/mol. The molecule has 0 radical (unpaired) electrons. The molecule has 0 aromatic heterocycles. The van der Waals surface area contributed by atoms with E-state index in [2.05, 4.69) is 19.2 Å². The second kappa shape index (κ2) is 6.02. The summed E-state index contributed by atoms with van der Waals surface area (Å²) in [6, 6.07) is -0.0992. The fourth-order valence-electron chi connectivity index (χ4n) is 2.90. The van der Waals surface area contributed by atoms with Crippen LogP contribution in [0.1, 0.15) is 46.0 Å². The van der Waals surface area contributed by atoms with Gasteiger partial charge in [0.05, 0.1) is 18.1 Å². The average Bonchev–Trinajstić information content (AvgIpc) is 2.69. The van der Waals surface area contributed by atoms with Gasteiger partial charge < -0.3 is 10.1 Å². The molecule has 0 bridgehead atoms. The molecule has 0 aromatic rings. The van der Waals surface area contributed by atoms with Gasteiger partial charge in [-0.05, 0) is 37.5 Å². The maximum absolute atomic E-state index is 11.8. The Hall–Kier alpha value is -0.620. The summed E-state index contributed by atoms with van der Waals surface area (Å²) in [6.07, 6.45) is 4.64. The van der Waals surface area contributed by atoms with E-state index < -0.39 is 9.84 Å². The zero-order valence-corrected chi connectivity index (χ0v) is 13.2. The van der Waals surface area contributed by atoms with Crippen LogP contribution in [0.25, 0.3) is 0 Å². The molecular formula is C14H25NO4S. The SMILES string of the molecule is CC1(C)CCC(OC(=O)CNC2CCS(=O)(=O)C2)CC1. The predicted molar refractivity (Wildman–Crippen MR) is 77.2 cm³/mol. The highest BCUT2D eigenvalue weighted by Gasteiger charge is 2.30. The first-order valence-corrected chi connectivity index (χ1v) is 9.21. The van der Waals surface area contributed by atoms with Gasteiger partial charge in [0.25, 0.3) is 0 Å². The molecule has 5 nitrogen and oxygen atoms in total. The second-order valence-corrected chi connectivity index (χ2v) is 9.06. The molecule has 6 heteroatoms. The third-order valence-corrected chi connectivity index (χ3v) is 6.12. The zero-order chi connectivity index (χ0) is 14.8. The second-order valence-electron chi connectivity index (χ2n) is 6.83. The van der Waals surface area contributed by atoms with E-state index in [0.29, 0.717) is 11.8 Å². The molecular weight excluding hydrogens is 278 g/mol. The molecule has 0 amide bonds. The van der Waals surface area contributed by atoms with Gasteiger partial charge in [0.1, 0.15) is 6.10 Å². The van der Waals surface area contributed by atoms with Crippen molar-refractivity contribution < 1.29 is 17.9 Å². The number of ether oxygens (including phenoxy) is 1. The lowest BCUT2D eigenvalue weighted by atomic mass is 9.76. The van der Waals surface area contributed by atoms with Crippen molar-refractivity contribution in [1.82, 2.24) is 5.32 Å². The van der Waals surface area contributed by atoms with Gasteiger partial charge in [-0.25, -0.2) is 8.42 Å². The maximum Gasteiger partial charge on any atom is 0.320 e. The van der Waals surface area contributed by atoms with Gasteiger partial charge in [0, 0.05) is 6.04 Å². The first-order chi connectivity index (χ1) is 9.26. The summed E-state index contributed by atoms with van der Waals surface area (Å²) in [4.78, 5) is 11.8. The summed E-state index contributed by atoms with van der Waals surface area (Å²) >= 11 is 0. The lowest BCUT2D eigenvalue weighted by molar-refractivity contribution is -0.150. The van der Waals surface area contributed by atoms with E-state index in [9.17, 15) is 13.2 Å². The topological polar surface area (TPSA) is 72.5 Å². The van der Waals surface area contributed by atoms with Crippen LogP contribution in [-0.2, 0) is 19.4 Å². The minimum atomic E-state index is -2.90. The van der Waals surface area contributed by atoms with Crippen molar-refractivity contribution in [2.24, 2.45) is 5.41 Å². The highest BCUT2D eigenvalue weighted by atomic mass is 32.2. The Kier molecular flexibility index (Phi) is 4.74. The van der Waals surface area contributed by atoms with Crippen LogP contribution in [0.3, 0.4) is 0 Å². The molecule has 1 N–H and O–H groups in total.